The van der Waals surface area contributed by atoms with Crippen molar-refractivity contribution in [2.45, 2.75) is 0 Å². The summed E-state index contributed by atoms with van der Waals surface area (Å²) >= 11 is 0. The van der Waals surface area contributed by atoms with Gasteiger partial charge in [0.1, 0.15) is 0 Å². The summed E-state index contributed by atoms with van der Waals surface area (Å²) in [5.41, 5.74) is -0.909. The molecule has 3 heteroatoms. The molecule has 0 fully saturated rings. The number of aliphatic hydroxyl groups excluding tert-OH is 3. The van der Waals surface area contributed by atoms with Crippen molar-refractivity contribution < 1.29 is 15.3 Å². The third-order valence-corrected chi connectivity index (χ3v) is 1.53. The first-order chi connectivity index (χ1) is 5.24. The van der Waals surface area contributed by atoms with Gasteiger partial charge in [0, 0.05) is 0 Å². The van der Waals surface area contributed by atoms with Crippen LogP contribution in [-0.4, -0.2) is 35.1 Å². The Hall–Kier alpha value is -0.640. The third-order valence-electron chi connectivity index (χ3n) is 1.53. The third kappa shape index (κ3) is 2.84. The number of hydrogen-bond acceptors (Lipinski definition) is 3. The minimum absolute atomic E-state index is 0.273. The summed E-state index contributed by atoms with van der Waals surface area (Å²) in [5, 5.41) is 26.4. The molecule has 3 nitrogen and oxygen atoms in total. The van der Waals surface area contributed by atoms with Gasteiger partial charge >= 0.3 is 0 Å². The maximum Gasteiger partial charge on any atom is 0.0579 e. The molecule has 0 aromatic heterocycles. The van der Waals surface area contributed by atoms with E-state index in [-0.39, 0.29) is 19.8 Å². The Morgan fingerprint density at radius 3 is 1.82 bits per heavy atom. The zero-order chi connectivity index (χ0) is 8.74. The highest BCUT2D eigenvalue weighted by atomic mass is 16.3. The summed E-state index contributed by atoms with van der Waals surface area (Å²) in [6, 6.07) is 0. The summed E-state index contributed by atoms with van der Waals surface area (Å²) < 4.78 is 0. The predicted molar refractivity (Wildman–Crippen MR) is 43.0 cm³/mol. The molecule has 0 radical (unpaired) electrons. The second-order valence-electron chi connectivity index (χ2n) is 2.43. The van der Waals surface area contributed by atoms with Gasteiger partial charge in [-0.15, -0.1) is 0 Å². The largest absolute Gasteiger partial charge is 0.395 e. The van der Waals surface area contributed by atoms with Crippen molar-refractivity contribution in [1.82, 2.24) is 0 Å². The molecule has 3 N–H and O–H groups in total. The average molecular weight is 158 g/mol. The van der Waals surface area contributed by atoms with Crippen LogP contribution in [0.1, 0.15) is 0 Å². The first kappa shape index (κ1) is 10.4. The van der Waals surface area contributed by atoms with Crippen LogP contribution >= 0.6 is 0 Å². The van der Waals surface area contributed by atoms with E-state index in [9.17, 15) is 0 Å². The zero-order valence-corrected chi connectivity index (χ0v) is 6.40. The molecule has 0 aliphatic heterocycles. The van der Waals surface area contributed by atoms with Crippen LogP contribution in [-0.2, 0) is 0 Å². The second-order valence-corrected chi connectivity index (χ2v) is 2.43. The van der Waals surface area contributed by atoms with Crippen molar-refractivity contribution in [2.75, 3.05) is 19.8 Å². The lowest BCUT2D eigenvalue weighted by Gasteiger charge is -2.22. The fraction of sp³-hybridized carbons (Fsp3) is 0.500. The summed E-state index contributed by atoms with van der Waals surface area (Å²) in [6.45, 7) is 2.61. The Morgan fingerprint density at radius 2 is 1.55 bits per heavy atom. The van der Waals surface area contributed by atoms with Gasteiger partial charge in [0.05, 0.1) is 25.2 Å². The molecule has 0 amide bonds. The van der Waals surface area contributed by atoms with Crippen molar-refractivity contribution in [1.29, 1.82) is 0 Å². The Balaban J connectivity index is 4.27. The van der Waals surface area contributed by atoms with Gasteiger partial charge in [-0.2, -0.15) is 0 Å². The Bertz CT molecular complexity index is 128. The van der Waals surface area contributed by atoms with E-state index in [0.717, 1.165) is 0 Å². The molecule has 0 bridgehead atoms. The smallest absolute Gasteiger partial charge is 0.0579 e. The molecule has 0 aliphatic rings. The summed E-state index contributed by atoms with van der Waals surface area (Å²) in [6.07, 6.45) is 4.65. The van der Waals surface area contributed by atoms with Gasteiger partial charge in [-0.3, -0.25) is 0 Å². The number of rotatable bonds is 5. The van der Waals surface area contributed by atoms with Gasteiger partial charge in [0.25, 0.3) is 0 Å². The molecule has 0 saturated heterocycles. The molecule has 0 aromatic carbocycles. The molecule has 11 heavy (non-hydrogen) atoms. The van der Waals surface area contributed by atoms with Crippen LogP contribution in [0.25, 0.3) is 0 Å². The first-order valence-corrected chi connectivity index (χ1v) is 3.37. The molecule has 0 atom stereocenters. The summed E-state index contributed by atoms with van der Waals surface area (Å²) in [4.78, 5) is 0. The van der Waals surface area contributed by atoms with Crippen molar-refractivity contribution >= 4 is 0 Å². The fourth-order valence-corrected chi connectivity index (χ4v) is 0.580. The Kier molecular flexibility index (Phi) is 4.77. The molecule has 64 valence electrons. The van der Waals surface area contributed by atoms with E-state index in [0.29, 0.717) is 0 Å². The van der Waals surface area contributed by atoms with Crippen molar-refractivity contribution in [3.8, 4) is 0 Å². The predicted octanol–water partition coefficient (Wildman–Crippen LogP) is -0.308. The SMILES string of the molecule is C=CC=CC(CO)(CO)CO. The van der Waals surface area contributed by atoms with Gasteiger partial charge < -0.3 is 15.3 Å². The van der Waals surface area contributed by atoms with E-state index in [2.05, 4.69) is 6.58 Å². The fourth-order valence-electron chi connectivity index (χ4n) is 0.580. The highest BCUT2D eigenvalue weighted by Crippen LogP contribution is 2.16. The van der Waals surface area contributed by atoms with E-state index in [1.54, 1.807) is 12.2 Å². The van der Waals surface area contributed by atoms with Crippen LogP contribution in [0.3, 0.4) is 0 Å². The van der Waals surface area contributed by atoms with Crippen LogP contribution in [0.5, 0.6) is 0 Å². The van der Waals surface area contributed by atoms with Crippen LogP contribution in [0.15, 0.2) is 24.8 Å². The number of allylic oxidation sites excluding steroid dienone is 2. The lowest BCUT2D eigenvalue weighted by molar-refractivity contribution is 0.0419. The normalized spacial score (nSPS) is 12.3. The van der Waals surface area contributed by atoms with Crippen molar-refractivity contribution in [3.63, 3.8) is 0 Å². The van der Waals surface area contributed by atoms with Crippen LogP contribution in [0.2, 0.25) is 0 Å². The second kappa shape index (κ2) is 5.07. The lowest BCUT2D eigenvalue weighted by Crippen LogP contribution is -2.31. The zero-order valence-electron chi connectivity index (χ0n) is 6.40. The van der Waals surface area contributed by atoms with E-state index < -0.39 is 5.41 Å². The molecular weight excluding hydrogens is 144 g/mol. The quantitative estimate of drug-likeness (QED) is 0.481. The standard InChI is InChI=1S/C8H14O3/c1-2-3-4-8(5-9,6-10)7-11/h2-4,9-11H,1,5-7H2. The molecule has 0 aliphatic carbocycles. The van der Waals surface area contributed by atoms with E-state index in [1.165, 1.54) is 6.08 Å². The van der Waals surface area contributed by atoms with E-state index in [1.807, 2.05) is 0 Å². The topological polar surface area (TPSA) is 60.7 Å². The van der Waals surface area contributed by atoms with Gasteiger partial charge in [0.2, 0.25) is 0 Å². The average Bonchev–Trinajstić information content (AvgIpc) is 2.08. The molecule has 0 aromatic rings. The van der Waals surface area contributed by atoms with Crippen LogP contribution < -0.4 is 0 Å². The summed E-state index contributed by atoms with van der Waals surface area (Å²) in [5.74, 6) is 0. The first-order valence-electron chi connectivity index (χ1n) is 3.37. The molecule has 0 spiro atoms. The minimum atomic E-state index is -0.909. The molecule has 0 rings (SSSR count). The molecule has 0 unspecified atom stereocenters. The van der Waals surface area contributed by atoms with Crippen LogP contribution in [0, 0.1) is 5.41 Å². The lowest BCUT2D eigenvalue weighted by atomic mass is 9.91. The minimum Gasteiger partial charge on any atom is -0.395 e. The van der Waals surface area contributed by atoms with E-state index in [4.69, 9.17) is 15.3 Å². The Morgan fingerprint density at radius 1 is 1.09 bits per heavy atom. The Labute approximate surface area is 66.3 Å². The van der Waals surface area contributed by atoms with Gasteiger partial charge in [0.15, 0.2) is 0 Å². The van der Waals surface area contributed by atoms with Crippen LogP contribution in [0.4, 0.5) is 0 Å². The maximum absolute atomic E-state index is 8.80. The number of aliphatic hydroxyl groups is 3. The highest BCUT2D eigenvalue weighted by Gasteiger charge is 2.23. The van der Waals surface area contributed by atoms with Crippen molar-refractivity contribution in [3.05, 3.63) is 24.8 Å². The van der Waals surface area contributed by atoms with Gasteiger partial charge in [-0.05, 0) is 0 Å². The maximum atomic E-state index is 8.80. The summed E-state index contributed by atoms with van der Waals surface area (Å²) in [7, 11) is 0. The molecular formula is C8H14O3. The monoisotopic (exact) mass is 158 g/mol. The van der Waals surface area contributed by atoms with Gasteiger partial charge in [-0.25, -0.2) is 0 Å². The van der Waals surface area contributed by atoms with E-state index >= 15 is 0 Å². The molecule has 0 saturated carbocycles. The molecule has 0 heterocycles. The van der Waals surface area contributed by atoms with Gasteiger partial charge in [-0.1, -0.05) is 24.8 Å². The van der Waals surface area contributed by atoms with Crippen molar-refractivity contribution in [2.24, 2.45) is 5.41 Å². The highest BCUT2D eigenvalue weighted by molar-refractivity contribution is 5.06. The number of hydrogen-bond donors (Lipinski definition) is 3.